The number of amides is 1. The number of anilines is 1. The number of phenols is 1. The Morgan fingerprint density at radius 1 is 1.12 bits per heavy atom. The Kier molecular flexibility index (Phi) is 6.33. The predicted octanol–water partition coefficient (Wildman–Crippen LogP) is 4.99. The Labute approximate surface area is 189 Å². The molecular weight excluding hydrogens is 443 g/mol. The van der Waals surface area contributed by atoms with Crippen molar-refractivity contribution in [2.24, 2.45) is 5.92 Å². The monoisotopic (exact) mass is 465 g/mol. The van der Waals surface area contributed by atoms with Gasteiger partial charge in [0, 0.05) is 38.3 Å². The number of nitrogens with zero attached hydrogens (tertiary/aromatic N) is 3. The highest BCUT2D eigenvalue weighted by molar-refractivity contribution is 6.33. The molecule has 32 heavy (non-hydrogen) atoms. The van der Waals surface area contributed by atoms with Crippen molar-refractivity contribution in [3.63, 3.8) is 0 Å². The molecule has 2 aromatic rings. The molecule has 0 aliphatic carbocycles. The normalized spacial score (nSPS) is 17.9. The fourth-order valence-electron chi connectivity index (χ4n) is 4.22. The minimum absolute atomic E-state index is 0.0347. The van der Waals surface area contributed by atoms with Crippen molar-refractivity contribution in [1.29, 1.82) is 0 Å². The van der Waals surface area contributed by atoms with Crippen molar-refractivity contribution in [3.05, 3.63) is 58.8 Å². The smallest absolute Gasteiger partial charge is 0.417 e. The number of alkyl halides is 3. The summed E-state index contributed by atoms with van der Waals surface area (Å²) >= 11 is 6.06. The van der Waals surface area contributed by atoms with Crippen LogP contribution in [0, 0.1) is 5.92 Å². The zero-order valence-corrected chi connectivity index (χ0v) is 18.0. The van der Waals surface area contributed by atoms with Crippen molar-refractivity contribution in [2.75, 3.05) is 31.1 Å². The number of phenolic OH excluding ortho intramolecular Hbond substituents is 1. The SMILES string of the molecule is O=C(C1CCN(c2ncc(C(F)(F)F)cc2Cl)CC1)N1CC=C(c2ccc(O)cc2)CC1. The number of carbonyl (C=O) groups is 1. The quantitative estimate of drug-likeness (QED) is 0.693. The molecule has 1 saturated heterocycles. The van der Waals surface area contributed by atoms with E-state index in [1.165, 1.54) is 0 Å². The first-order valence-electron chi connectivity index (χ1n) is 10.5. The van der Waals surface area contributed by atoms with Gasteiger partial charge in [0.1, 0.15) is 11.6 Å². The third-order valence-corrected chi connectivity index (χ3v) is 6.33. The maximum absolute atomic E-state index is 13.0. The molecule has 5 nitrogen and oxygen atoms in total. The van der Waals surface area contributed by atoms with Gasteiger partial charge in [0.25, 0.3) is 0 Å². The number of benzene rings is 1. The van der Waals surface area contributed by atoms with Gasteiger partial charge in [-0.2, -0.15) is 13.2 Å². The number of hydrogen-bond donors (Lipinski definition) is 1. The third-order valence-electron chi connectivity index (χ3n) is 6.05. The zero-order chi connectivity index (χ0) is 22.9. The highest BCUT2D eigenvalue weighted by Crippen LogP contribution is 2.35. The van der Waals surface area contributed by atoms with Crippen LogP contribution in [0.1, 0.15) is 30.4 Å². The predicted molar refractivity (Wildman–Crippen MR) is 116 cm³/mol. The summed E-state index contributed by atoms with van der Waals surface area (Å²) in [7, 11) is 0. The number of piperidine rings is 1. The molecule has 0 radical (unpaired) electrons. The number of pyridine rings is 1. The molecule has 170 valence electrons. The van der Waals surface area contributed by atoms with Crippen LogP contribution in [-0.4, -0.2) is 47.1 Å². The molecule has 1 aromatic heterocycles. The summed E-state index contributed by atoms with van der Waals surface area (Å²) in [6.07, 6.45) is 0.310. The molecule has 1 amide bonds. The second-order valence-corrected chi connectivity index (χ2v) is 8.51. The molecule has 1 aromatic carbocycles. The molecule has 0 bridgehead atoms. The number of rotatable bonds is 3. The highest BCUT2D eigenvalue weighted by Gasteiger charge is 2.33. The Bertz CT molecular complexity index is 1020. The van der Waals surface area contributed by atoms with Crippen molar-refractivity contribution in [1.82, 2.24) is 9.88 Å². The van der Waals surface area contributed by atoms with Gasteiger partial charge in [0.15, 0.2) is 0 Å². The molecule has 0 saturated carbocycles. The van der Waals surface area contributed by atoms with Crippen LogP contribution in [-0.2, 0) is 11.0 Å². The average Bonchev–Trinajstić information content (AvgIpc) is 2.79. The summed E-state index contributed by atoms with van der Waals surface area (Å²) in [5.41, 5.74) is 1.33. The fraction of sp³-hybridized carbons (Fsp3) is 0.391. The third kappa shape index (κ3) is 4.85. The van der Waals surface area contributed by atoms with E-state index in [1.54, 1.807) is 12.1 Å². The number of aromatic nitrogens is 1. The first kappa shape index (κ1) is 22.5. The molecule has 3 heterocycles. The summed E-state index contributed by atoms with van der Waals surface area (Å²) in [6, 6.07) is 7.94. The molecule has 0 spiro atoms. The van der Waals surface area contributed by atoms with Crippen LogP contribution in [0.3, 0.4) is 0 Å². The van der Waals surface area contributed by atoms with E-state index in [-0.39, 0.29) is 22.6 Å². The lowest BCUT2D eigenvalue weighted by molar-refractivity contribution is -0.138. The number of aromatic hydroxyl groups is 1. The van der Waals surface area contributed by atoms with E-state index in [4.69, 9.17) is 11.6 Å². The van der Waals surface area contributed by atoms with Crippen LogP contribution < -0.4 is 4.90 Å². The number of hydrogen-bond acceptors (Lipinski definition) is 4. The lowest BCUT2D eigenvalue weighted by Crippen LogP contribution is -2.44. The standard InChI is InChI=1S/C23H23ClF3N3O2/c24-20-13-18(23(25,26)27)14-28-21(20)29-9-7-17(8-10-29)22(32)30-11-5-16(6-12-30)15-1-3-19(31)4-2-15/h1-5,13-14,17,31H,6-12H2. The van der Waals surface area contributed by atoms with E-state index in [1.807, 2.05) is 21.9 Å². The Balaban J connectivity index is 1.34. The lowest BCUT2D eigenvalue weighted by atomic mass is 9.93. The van der Waals surface area contributed by atoms with Crippen LogP contribution in [0.15, 0.2) is 42.6 Å². The van der Waals surface area contributed by atoms with Gasteiger partial charge in [0.05, 0.1) is 10.6 Å². The average molecular weight is 466 g/mol. The molecule has 0 atom stereocenters. The van der Waals surface area contributed by atoms with Crippen molar-refractivity contribution >= 4 is 28.9 Å². The van der Waals surface area contributed by atoms with Crippen molar-refractivity contribution in [2.45, 2.75) is 25.4 Å². The van der Waals surface area contributed by atoms with E-state index >= 15 is 0 Å². The van der Waals surface area contributed by atoms with E-state index < -0.39 is 11.7 Å². The minimum Gasteiger partial charge on any atom is -0.508 e. The molecule has 2 aliphatic heterocycles. The Morgan fingerprint density at radius 2 is 1.81 bits per heavy atom. The minimum atomic E-state index is -4.49. The first-order chi connectivity index (χ1) is 15.2. The lowest BCUT2D eigenvalue weighted by Gasteiger charge is -2.36. The molecule has 9 heteroatoms. The summed E-state index contributed by atoms with van der Waals surface area (Å²) in [4.78, 5) is 20.6. The van der Waals surface area contributed by atoms with Gasteiger partial charge in [-0.25, -0.2) is 4.98 Å². The van der Waals surface area contributed by atoms with Crippen LogP contribution in [0.2, 0.25) is 5.02 Å². The molecule has 2 aliphatic rings. The van der Waals surface area contributed by atoms with Gasteiger partial charge in [-0.05, 0) is 48.6 Å². The van der Waals surface area contributed by atoms with E-state index in [9.17, 15) is 23.1 Å². The van der Waals surface area contributed by atoms with Crippen LogP contribution in [0.25, 0.3) is 5.57 Å². The van der Waals surface area contributed by atoms with E-state index in [0.717, 1.165) is 29.8 Å². The summed E-state index contributed by atoms with van der Waals surface area (Å²) in [5.74, 6) is 0.534. The van der Waals surface area contributed by atoms with Gasteiger partial charge >= 0.3 is 6.18 Å². The molecule has 0 unspecified atom stereocenters. The van der Waals surface area contributed by atoms with Gasteiger partial charge in [-0.15, -0.1) is 0 Å². The Hall–Kier alpha value is -2.74. The fourth-order valence-corrected chi connectivity index (χ4v) is 4.51. The maximum atomic E-state index is 13.0. The van der Waals surface area contributed by atoms with Gasteiger partial charge < -0.3 is 14.9 Å². The summed E-state index contributed by atoms with van der Waals surface area (Å²) in [5, 5.41) is 9.40. The molecule has 4 rings (SSSR count). The number of halogens is 4. The zero-order valence-electron chi connectivity index (χ0n) is 17.3. The van der Waals surface area contributed by atoms with Crippen LogP contribution >= 0.6 is 11.6 Å². The second kappa shape index (κ2) is 9.02. The first-order valence-corrected chi connectivity index (χ1v) is 10.8. The van der Waals surface area contributed by atoms with Crippen LogP contribution in [0.4, 0.5) is 19.0 Å². The molecule has 1 fully saturated rings. The molecular formula is C23H23ClF3N3O2. The highest BCUT2D eigenvalue weighted by atomic mass is 35.5. The maximum Gasteiger partial charge on any atom is 0.417 e. The van der Waals surface area contributed by atoms with E-state index in [0.29, 0.717) is 44.8 Å². The number of carbonyl (C=O) groups excluding carboxylic acids is 1. The summed E-state index contributed by atoms with van der Waals surface area (Å²) < 4.78 is 38.5. The van der Waals surface area contributed by atoms with Gasteiger partial charge in [0.2, 0.25) is 5.91 Å². The summed E-state index contributed by atoms with van der Waals surface area (Å²) in [6.45, 7) is 2.20. The van der Waals surface area contributed by atoms with Crippen LogP contribution in [0.5, 0.6) is 5.75 Å². The molecule has 1 N–H and O–H groups in total. The van der Waals surface area contributed by atoms with Crippen molar-refractivity contribution < 1.29 is 23.1 Å². The largest absolute Gasteiger partial charge is 0.508 e. The van der Waals surface area contributed by atoms with Gasteiger partial charge in [-0.3, -0.25) is 4.79 Å². The van der Waals surface area contributed by atoms with Gasteiger partial charge in [-0.1, -0.05) is 29.8 Å². The van der Waals surface area contributed by atoms with Crippen molar-refractivity contribution in [3.8, 4) is 5.75 Å². The Morgan fingerprint density at radius 3 is 2.38 bits per heavy atom. The van der Waals surface area contributed by atoms with E-state index in [2.05, 4.69) is 11.1 Å². The second-order valence-electron chi connectivity index (χ2n) is 8.10. The topological polar surface area (TPSA) is 56.7 Å².